The van der Waals surface area contributed by atoms with E-state index >= 15 is 0 Å². The van der Waals surface area contributed by atoms with Crippen LogP contribution in [0.1, 0.15) is 22.7 Å². The van der Waals surface area contributed by atoms with E-state index < -0.39 is 0 Å². The first-order valence-electron chi connectivity index (χ1n) is 6.83. The van der Waals surface area contributed by atoms with Crippen LogP contribution >= 0.6 is 11.8 Å². The van der Waals surface area contributed by atoms with E-state index in [4.69, 9.17) is 10.5 Å². The van der Waals surface area contributed by atoms with Gasteiger partial charge in [0, 0.05) is 16.2 Å². The van der Waals surface area contributed by atoms with Crippen LogP contribution in [0.2, 0.25) is 0 Å². The summed E-state index contributed by atoms with van der Waals surface area (Å²) in [6.07, 6.45) is 1.05. The highest BCUT2D eigenvalue weighted by molar-refractivity contribution is 8.00. The molecule has 0 bridgehead atoms. The summed E-state index contributed by atoms with van der Waals surface area (Å²) in [6.45, 7) is 2.10. The predicted octanol–water partition coefficient (Wildman–Crippen LogP) is 3.72. The molecule has 2 aromatic rings. The molecule has 104 valence electrons. The number of aryl methyl sites for hydroxylation is 1. The zero-order valence-electron chi connectivity index (χ0n) is 11.8. The van der Waals surface area contributed by atoms with Gasteiger partial charge in [-0.25, -0.2) is 0 Å². The zero-order chi connectivity index (χ0) is 14.1. The Labute approximate surface area is 124 Å². The van der Waals surface area contributed by atoms with Gasteiger partial charge in [0.2, 0.25) is 0 Å². The van der Waals surface area contributed by atoms with Gasteiger partial charge in [0.25, 0.3) is 0 Å². The molecule has 2 nitrogen and oxygen atoms in total. The van der Waals surface area contributed by atoms with Crippen molar-refractivity contribution in [3.63, 3.8) is 0 Å². The lowest BCUT2D eigenvalue weighted by Gasteiger charge is -2.21. The molecule has 20 heavy (non-hydrogen) atoms. The summed E-state index contributed by atoms with van der Waals surface area (Å²) in [4.78, 5) is 1.37. The number of thioether (sulfide) groups is 1. The Balaban J connectivity index is 1.82. The van der Waals surface area contributed by atoms with E-state index in [-0.39, 0.29) is 6.04 Å². The lowest BCUT2D eigenvalue weighted by molar-refractivity contribution is 0.414. The number of ether oxygens (including phenoxy) is 1. The van der Waals surface area contributed by atoms with Crippen LogP contribution in [0, 0.1) is 6.92 Å². The lowest BCUT2D eigenvalue weighted by Crippen LogP contribution is -2.24. The molecule has 0 fully saturated rings. The third-order valence-electron chi connectivity index (χ3n) is 3.91. The number of benzene rings is 2. The van der Waals surface area contributed by atoms with E-state index in [0.29, 0.717) is 5.25 Å². The highest BCUT2D eigenvalue weighted by atomic mass is 32.2. The topological polar surface area (TPSA) is 35.2 Å². The number of hydrogen-bond donors (Lipinski definition) is 1. The molecule has 0 saturated carbocycles. The zero-order valence-corrected chi connectivity index (χ0v) is 12.6. The van der Waals surface area contributed by atoms with Crippen LogP contribution in [0.5, 0.6) is 5.75 Å². The van der Waals surface area contributed by atoms with Crippen LogP contribution in [0.3, 0.4) is 0 Å². The van der Waals surface area contributed by atoms with Crippen LogP contribution in [-0.2, 0) is 6.42 Å². The molecular weight excluding hydrogens is 266 g/mol. The molecule has 2 N–H and O–H groups in total. The first kappa shape index (κ1) is 13.5. The minimum Gasteiger partial charge on any atom is -0.497 e. The van der Waals surface area contributed by atoms with Gasteiger partial charge in [0.15, 0.2) is 0 Å². The maximum absolute atomic E-state index is 6.51. The predicted molar refractivity (Wildman–Crippen MR) is 84.5 cm³/mol. The Morgan fingerprint density at radius 1 is 1.25 bits per heavy atom. The molecule has 0 spiro atoms. The van der Waals surface area contributed by atoms with Crippen molar-refractivity contribution in [3.05, 3.63) is 59.2 Å². The van der Waals surface area contributed by atoms with E-state index in [1.807, 2.05) is 17.8 Å². The van der Waals surface area contributed by atoms with Gasteiger partial charge in [-0.3, -0.25) is 0 Å². The molecule has 0 aliphatic carbocycles. The summed E-state index contributed by atoms with van der Waals surface area (Å²) in [5, 5.41) is 0.416. The second kappa shape index (κ2) is 5.51. The molecule has 1 aliphatic heterocycles. The number of nitrogens with two attached hydrogens (primary N) is 1. The summed E-state index contributed by atoms with van der Waals surface area (Å²) in [6, 6.07) is 14.8. The quantitative estimate of drug-likeness (QED) is 0.933. The van der Waals surface area contributed by atoms with Crippen molar-refractivity contribution in [2.45, 2.75) is 29.5 Å². The van der Waals surface area contributed by atoms with Crippen molar-refractivity contribution in [2.24, 2.45) is 5.73 Å². The number of hydrogen-bond acceptors (Lipinski definition) is 3. The van der Waals surface area contributed by atoms with E-state index in [0.717, 1.165) is 12.2 Å². The van der Waals surface area contributed by atoms with Gasteiger partial charge in [-0.2, -0.15) is 0 Å². The Kier molecular flexibility index (Phi) is 3.72. The summed E-state index contributed by atoms with van der Waals surface area (Å²) >= 11 is 1.90. The lowest BCUT2D eigenvalue weighted by atomic mass is 9.96. The average molecular weight is 285 g/mol. The van der Waals surface area contributed by atoms with Crippen molar-refractivity contribution in [1.29, 1.82) is 0 Å². The first-order valence-corrected chi connectivity index (χ1v) is 7.71. The number of rotatable bonds is 3. The van der Waals surface area contributed by atoms with Crippen molar-refractivity contribution >= 4 is 11.8 Å². The molecule has 3 heteroatoms. The largest absolute Gasteiger partial charge is 0.497 e. The summed E-state index contributed by atoms with van der Waals surface area (Å²) < 4.78 is 5.26. The molecule has 3 rings (SSSR count). The smallest absolute Gasteiger partial charge is 0.119 e. The molecule has 2 aromatic carbocycles. The molecule has 0 saturated heterocycles. The van der Waals surface area contributed by atoms with Crippen LogP contribution < -0.4 is 10.5 Å². The Morgan fingerprint density at radius 3 is 2.75 bits per heavy atom. The fourth-order valence-electron chi connectivity index (χ4n) is 2.76. The van der Waals surface area contributed by atoms with Gasteiger partial charge in [0.1, 0.15) is 5.75 Å². The van der Waals surface area contributed by atoms with Crippen molar-refractivity contribution in [3.8, 4) is 5.75 Å². The van der Waals surface area contributed by atoms with Gasteiger partial charge in [-0.05, 0) is 48.2 Å². The van der Waals surface area contributed by atoms with Gasteiger partial charge in [0.05, 0.1) is 7.11 Å². The third kappa shape index (κ3) is 2.43. The molecule has 0 amide bonds. The van der Waals surface area contributed by atoms with Gasteiger partial charge < -0.3 is 10.5 Å². The van der Waals surface area contributed by atoms with E-state index in [1.165, 1.54) is 21.6 Å². The van der Waals surface area contributed by atoms with Crippen LogP contribution in [0.4, 0.5) is 0 Å². The SMILES string of the molecule is COc1ccc(C(N)C2Cc3ccccc3S2)c(C)c1. The van der Waals surface area contributed by atoms with E-state index in [9.17, 15) is 0 Å². The van der Waals surface area contributed by atoms with Crippen molar-refractivity contribution in [2.75, 3.05) is 7.11 Å². The van der Waals surface area contributed by atoms with Gasteiger partial charge in [-0.1, -0.05) is 24.3 Å². The Morgan fingerprint density at radius 2 is 2.05 bits per heavy atom. The monoisotopic (exact) mass is 285 g/mol. The van der Waals surface area contributed by atoms with Crippen molar-refractivity contribution in [1.82, 2.24) is 0 Å². The van der Waals surface area contributed by atoms with Gasteiger partial charge in [-0.15, -0.1) is 11.8 Å². The molecule has 2 unspecified atom stereocenters. The standard InChI is InChI=1S/C17H19NOS/c1-11-9-13(19-2)7-8-14(11)17(18)16-10-12-5-3-4-6-15(12)20-16/h3-9,16-17H,10,18H2,1-2H3. The Bertz CT molecular complexity index is 601. The highest BCUT2D eigenvalue weighted by Gasteiger charge is 2.28. The molecule has 1 aliphatic rings. The van der Waals surface area contributed by atoms with Crippen LogP contribution in [0.25, 0.3) is 0 Å². The summed E-state index contributed by atoms with van der Waals surface area (Å²) in [5.74, 6) is 0.890. The minimum absolute atomic E-state index is 0.0540. The maximum atomic E-state index is 6.51. The fraction of sp³-hybridized carbons (Fsp3) is 0.294. The van der Waals surface area contributed by atoms with Gasteiger partial charge >= 0.3 is 0 Å². The normalized spacial score (nSPS) is 18.6. The fourth-order valence-corrected chi connectivity index (χ4v) is 4.10. The molecule has 2 atom stereocenters. The number of methoxy groups -OCH3 is 1. The third-order valence-corrected chi connectivity index (χ3v) is 5.32. The minimum atomic E-state index is 0.0540. The molecule has 0 aromatic heterocycles. The van der Waals surface area contributed by atoms with Crippen LogP contribution in [0.15, 0.2) is 47.4 Å². The second-order valence-electron chi connectivity index (χ2n) is 5.22. The summed E-state index contributed by atoms with van der Waals surface area (Å²) in [7, 11) is 1.69. The highest BCUT2D eigenvalue weighted by Crippen LogP contribution is 2.42. The van der Waals surface area contributed by atoms with Crippen LogP contribution in [-0.4, -0.2) is 12.4 Å². The average Bonchev–Trinajstić information content (AvgIpc) is 2.90. The number of fused-ring (bicyclic) bond motifs is 1. The van der Waals surface area contributed by atoms with E-state index in [1.54, 1.807) is 7.11 Å². The summed E-state index contributed by atoms with van der Waals surface area (Å²) in [5.41, 5.74) is 10.4. The first-order chi connectivity index (χ1) is 9.69. The van der Waals surface area contributed by atoms with Crippen molar-refractivity contribution < 1.29 is 4.74 Å². The molecule has 0 radical (unpaired) electrons. The van der Waals surface area contributed by atoms with E-state index in [2.05, 4.69) is 43.3 Å². The molecular formula is C17H19NOS. The Hall–Kier alpha value is -1.45. The maximum Gasteiger partial charge on any atom is 0.119 e. The second-order valence-corrected chi connectivity index (χ2v) is 6.50. The molecule has 1 heterocycles.